The molecule has 2 bridgehead atoms. The Hall–Kier alpha value is -0.770. The Balaban J connectivity index is 1.82. The molecule has 2 saturated carbocycles. The molecule has 0 radical (unpaired) electrons. The van der Waals surface area contributed by atoms with Gasteiger partial charge < -0.3 is 5.32 Å². The lowest BCUT2D eigenvalue weighted by Gasteiger charge is -2.20. The molecule has 92 valence electrons. The fourth-order valence-electron chi connectivity index (χ4n) is 3.22. The third-order valence-corrected chi connectivity index (χ3v) is 3.93. The van der Waals surface area contributed by atoms with Crippen molar-refractivity contribution in [1.82, 2.24) is 10.7 Å². The van der Waals surface area contributed by atoms with E-state index >= 15 is 0 Å². The Morgan fingerprint density at radius 3 is 2.69 bits per heavy atom. The van der Waals surface area contributed by atoms with Crippen molar-refractivity contribution in [2.45, 2.75) is 45.6 Å². The molecule has 2 aliphatic carbocycles. The maximum Gasteiger partial charge on any atom is 0.205 e. The summed E-state index contributed by atoms with van der Waals surface area (Å²) in [6, 6.07) is 0.370. The number of aliphatic imine (C=N–C) groups is 1. The standard InChI is InChI=1S/C12H24N4/c1-8(2)15-12(16-13)14-7-11-6-9-3-4-10(11)5-9/h8-11H,3-7,13H2,1-2H3,(H2,14,15,16). The monoisotopic (exact) mass is 224 g/mol. The molecule has 2 rings (SSSR count). The third-order valence-electron chi connectivity index (χ3n) is 3.93. The summed E-state index contributed by atoms with van der Waals surface area (Å²) in [4.78, 5) is 4.55. The highest BCUT2D eigenvalue weighted by Gasteiger charge is 2.39. The van der Waals surface area contributed by atoms with Gasteiger partial charge in [-0.2, -0.15) is 0 Å². The zero-order valence-corrected chi connectivity index (χ0v) is 10.4. The van der Waals surface area contributed by atoms with Crippen LogP contribution in [-0.2, 0) is 0 Å². The zero-order valence-electron chi connectivity index (χ0n) is 10.4. The van der Waals surface area contributed by atoms with Crippen molar-refractivity contribution in [1.29, 1.82) is 0 Å². The number of hydrogen-bond donors (Lipinski definition) is 3. The number of nitrogens with zero attached hydrogens (tertiary/aromatic N) is 1. The number of nitrogens with one attached hydrogen (secondary N) is 2. The summed E-state index contributed by atoms with van der Waals surface area (Å²) in [5.74, 6) is 8.91. The predicted octanol–water partition coefficient (Wildman–Crippen LogP) is 1.24. The summed E-state index contributed by atoms with van der Waals surface area (Å²) in [6.45, 7) is 5.11. The molecule has 3 unspecified atom stereocenters. The van der Waals surface area contributed by atoms with E-state index < -0.39 is 0 Å². The first-order chi connectivity index (χ1) is 7.69. The molecule has 4 heteroatoms. The lowest BCUT2D eigenvalue weighted by molar-refractivity contribution is 0.341. The van der Waals surface area contributed by atoms with Crippen LogP contribution >= 0.6 is 0 Å². The number of fused-ring (bicyclic) bond motifs is 2. The molecule has 0 saturated heterocycles. The van der Waals surface area contributed by atoms with Gasteiger partial charge in [-0.1, -0.05) is 6.42 Å². The van der Waals surface area contributed by atoms with Gasteiger partial charge >= 0.3 is 0 Å². The highest BCUT2D eigenvalue weighted by molar-refractivity contribution is 5.79. The second kappa shape index (κ2) is 5.04. The molecule has 0 aromatic heterocycles. The van der Waals surface area contributed by atoms with Gasteiger partial charge in [-0.05, 0) is 50.9 Å². The summed E-state index contributed by atoms with van der Waals surface area (Å²) in [5, 5.41) is 3.21. The summed E-state index contributed by atoms with van der Waals surface area (Å²) >= 11 is 0. The minimum absolute atomic E-state index is 0.370. The molecule has 0 aromatic rings. The first-order valence-corrected chi connectivity index (χ1v) is 6.46. The molecule has 4 N–H and O–H groups in total. The van der Waals surface area contributed by atoms with Crippen LogP contribution < -0.4 is 16.6 Å². The number of rotatable bonds is 3. The summed E-state index contributed by atoms with van der Waals surface area (Å²) < 4.78 is 0. The first-order valence-electron chi connectivity index (χ1n) is 6.46. The Bertz CT molecular complexity index is 262. The molecule has 0 heterocycles. The van der Waals surface area contributed by atoms with E-state index in [1.807, 2.05) is 0 Å². The maximum absolute atomic E-state index is 5.44. The van der Waals surface area contributed by atoms with Crippen LogP contribution in [0.3, 0.4) is 0 Å². The SMILES string of the molecule is CC(C)NC(=NCC1CC2CCC1C2)NN. The van der Waals surface area contributed by atoms with E-state index in [2.05, 4.69) is 29.6 Å². The van der Waals surface area contributed by atoms with Crippen LogP contribution in [0.5, 0.6) is 0 Å². The minimum Gasteiger partial charge on any atom is -0.353 e. The van der Waals surface area contributed by atoms with Crippen molar-refractivity contribution in [2.75, 3.05) is 6.54 Å². The summed E-state index contributed by atoms with van der Waals surface area (Å²) in [5.41, 5.74) is 2.64. The van der Waals surface area contributed by atoms with E-state index in [0.29, 0.717) is 6.04 Å². The fourth-order valence-corrected chi connectivity index (χ4v) is 3.22. The molecule has 4 nitrogen and oxygen atoms in total. The van der Waals surface area contributed by atoms with Crippen molar-refractivity contribution in [2.24, 2.45) is 28.6 Å². The molecule has 0 spiro atoms. The van der Waals surface area contributed by atoms with Crippen LogP contribution in [-0.4, -0.2) is 18.5 Å². The van der Waals surface area contributed by atoms with Gasteiger partial charge in [0.15, 0.2) is 0 Å². The van der Waals surface area contributed by atoms with E-state index in [4.69, 9.17) is 5.84 Å². The summed E-state index contributed by atoms with van der Waals surface area (Å²) in [6.07, 6.45) is 5.71. The van der Waals surface area contributed by atoms with Gasteiger partial charge in [-0.3, -0.25) is 10.4 Å². The second-order valence-electron chi connectivity index (χ2n) is 5.57. The molecule has 0 amide bonds. The first kappa shape index (κ1) is 11.7. The average Bonchev–Trinajstić information content (AvgIpc) is 2.85. The maximum atomic E-state index is 5.44. The van der Waals surface area contributed by atoms with Gasteiger partial charge in [0.25, 0.3) is 0 Å². The molecular formula is C12H24N4. The lowest BCUT2D eigenvalue weighted by atomic mass is 9.89. The molecule has 2 aliphatic rings. The van der Waals surface area contributed by atoms with E-state index in [1.54, 1.807) is 0 Å². The molecule has 2 fully saturated rings. The van der Waals surface area contributed by atoms with Gasteiger partial charge in [0.1, 0.15) is 0 Å². The van der Waals surface area contributed by atoms with Crippen molar-refractivity contribution >= 4 is 5.96 Å². The van der Waals surface area contributed by atoms with Gasteiger partial charge in [0.05, 0.1) is 0 Å². The van der Waals surface area contributed by atoms with Crippen LogP contribution in [0, 0.1) is 17.8 Å². The fraction of sp³-hybridized carbons (Fsp3) is 0.917. The quantitative estimate of drug-likeness (QED) is 0.292. The number of hydrogen-bond acceptors (Lipinski definition) is 2. The Morgan fingerprint density at radius 1 is 1.38 bits per heavy atom. The topological polar surface area (TPSA) is 62.4 Å². The Labute approximate surface area is 98.0 Å². The molecule has 3 atom stereocenters. The number of guanidine groups is 1. The van der Waals surface area contributed by atoms with E-state index in [-0.39, 0.29) is 0 Å². The zero-order chi connectivity index (χ0) is 11.5. The van der Waals surface area contributed by atoms with E-state index in [0.717, 1.165) is 30.3 Å². The van der Waals surface area contributed by atoms with Crippen LogP contribution in [0.15, 0.2) is 4.99 Å². The van der Waals surface area contributed by atoms with Crippen molar-refractivity contribution in [3.63, 3.8) is 0 Å². The molecular weight excluding hydrogens is 200 g/mol. The third kappa shape index (κ3) is 2.67. The van der Waals surface area contributed by atoms with Gasteiger partial charge in [0, 0.05) is 12.6 Å². The molecule has 0 aromatic carbocycles. The van der Waals surface area contributed by atoms with Gasteiger partial charge in [-0.15, -0.1) is 0 Å². The van der Waals surface area contributed by atoms with Gasteiger partial charge in [0.2, 0.25) is 5.96 Å². The van der Waals surface area contributed by atoms with Gasteiger partial charge in [-0.25, -0.2) is 5.84 Å². The lowest BCUT2D eigenvalue weighted by Crippen LogP contribution is -2.44. The van der Waals surface area contributed by atoms with Crippen LogP contribution in [0.2, 0.25) is 0 Å². The smallest absolute Gasteiger partial charge is 0.205 e. The second-order valence-corrected chi connectivity index (χ2v) is 5.57. The van der Waals surface area contributed by atoms with Crippen LogP contribution in [0.25, 0.3) is 0 Å². The Morgan fingerprint density at radius 2 is 2.19 bits per heavy atom. The Kier molecular flexibility index (Phi) is 3.69. The number of hydrazine groups is 1. The van der Waals surface area contributed by atoms with Crippen LogP contribution in [0.1, 0.15) is 39.5 Å². The average molecular weight is 224 g/mol. The predicted molar refractivity (Wildman–Crippen MR) is 66.8 cm³/mol. The molecule has 0 aliphatic heterocycles. The summed E-state index contributed by atoms with van der Waals surface area (Å²) in [7, 11) is 0. The van der Waals surface area contributed by atoms with Crippen molar-refractivity contribution in [3.8, 4) is 0 Å². The van der Waals surface area contributed by atoms with Crippen molar-refractivity contribution in [3.05, 3.63) is 0 Å². The largest absolute Gasteiger partial charge is 0.353 e. The highest BCUT2D eigenvalue weighted by Crippen LogP contribution is 2.48. The highest BCUT2D eigenvalue weighted by atomic mass is 15.3. The van der Waals surface area contributed by atoms with Crippen molar-refractivity contribution < 1.29 is 0 Å². The van der Waals surface area contributed by atoms with E-state index in [1.165, 1.54) is 25.7 Å². The number of nitrogens with two attached hydrogens (primary N) is 1. The van der Waals surface area contributed by atoms with Crippen LogP contribution in [0.4, 0.5) is 0 Å². The minimum atomic E-state index is 0.370. The molecule has 16 heavy (non-hydrogen) atoms. The normalized spacial score (nSPS) is 33.5. The van der Waals surface area contributed by atoms with E-state index in [9.17, 15) is 0 Å².